The molecule has 0 heterocycles. The van der Waals surface area contributed by atoms with Crippen molar-refractivity contribution >= 4 is 29.2 Å². The van der Waals surface area contributed by atoms with Crippen molar-refractivity contribution in [2.24, 2.45) is 5.92 Å². The molecule has 0 saturated heterocycles. The van der Waals surface area contributed by atoms with Gasteiger partial charge < -0.3 is 14.8 Å². The van der Waals surface area contributed by atoms with Crippen LogP contribution in [-0.2, 0) is 19.1 Å². The zero-order valence-corrected chi connectivity index (χ0v) is 13.9. The maximum atomic E-state index is 11.7. The summed E-state index contributed by atoms with van der Waals surface area (Å²) in [4.78, 5) is 23.3. The second-order valence-corrected chi connectivity index (χ2v) is 5.79. The van der Waals surface area contributed by atoms with Gasteiger partial charge in [-0.2, -0.15) is 0 Å². The Morgan fingerprint density at radius 1 is 1.18 bits per heavy atom. The highest BCUT2D eigenvalue weighted by atomic mass is 35.5. The van der Waals surface area contributed by atoms with Crippen molar-refractivity contribution in [2.45, 2.75) is 33.3 Å². The van der Waals surface area contributed by atoms with Crippen LogP contribution >= 0.6 is 11.6 Å². The first-order valence-corrected chi connectivity index (χ1v) is 7.60. The lowest BCUT2D eigenvalue weighted by Gasteiger charge is -2.13. The summed E-state index contributed by atoms with van der Waals surface area (Å²) in [5, 5.41) is 3.19. The molecule has 5 nitrogen and oxygen atoms in total. The van der Waals surface area contributed by atoms with Gasteiger partial charge in [0.05, 0.1) is 0 Å². The molecule has 0 spiro atoms. The Kier molecular flexibility index (Phi) is 7.91. The summed E-state index contributed by atoms with van der Waals surface area (Å²) in [7, 11) is 0. The van der Waals surface area contributed by atoms with E-state index in [-0.39, 0.29) is 6.61 Å². The van der Waals surface area contributed by atoms with Crippen molar-refractivity contribution in [3.63, 3.8) is 0 Å². The number of amides is 1. The van der Waals surface area contributed by atoms with Crippen LogP contribution in [0, 0.1) is 5.92 Å². The third-order valence-electron chi connectivity index (χ3n) is 2.87. The van der Waals surface area contributed by atoms with Crippen LogP contribution < -0.4 is 5.32 Å². The SMILES string of the molecule is CC(C)CCOC(C)C(=O)OCC(=O)Nc1ccc(Cl)cc1. The topological polar surface area (TPSA) is 64.6 Å². The molecule has 0 aromatic heterocycles. The van der Waals surface area contributed by atoms with Gasteiger partial charge in [0.1, 0.15) is 0 Å². The van der Waals surface area contributed by atoms with Gasteiger partial charge in [0, 0.05) is 17.3 Å². The molecular formula is C16H22ClNO4. The first-order valence-electron chi connectivity index (χ1n) is 7.22. The van der Waals surface area contributed by atoms with Crippen LogP contribution in [0.3, 0.4) is 0 Å². The van der Waals surface area contributed by atoms with E-state index in [4.69, 9.17) is 21.1 Å². The number of hydrogen-bond acceptors (Lipinski definition) is 4. The first kappa shape index (κ1) is 18.5. The Morgan fingerprint density at radius 3 is 2.41 bits per heavy atom. The molecule has 0 radical (unpaired) electrons. The van der Waals surface area contributed by atoms with E-state index in [1.54, 1.807) is 31.2 Å². The summed E-state index contributed by atoms with van der Waals surface area (Å²) in [5.74, 6) is -0.451. The Balaban J connectivity index is 2.27. The summed E-state index contributed by atoms with van der Waals surface area (Å²) < 4.78 is 10.3. The van der Waals surface area contributed by atoms with Crippen LogP contribution in [0.4, 0.5) is 5.69 Å². The molecular weight excluding hydrogens is 306 g/mol. The molecule has 0 bridgehead atoms. The molecule has 0 aliphatic rings. The van der Waals surface area contributed by atoms with E-state index in [0.29, 0.717) is 23.2 Å². The molecule has 1 atom stereocenters. The molecule has 0 aliphatic carbocycles. The lowest BCUT2D eigenvalue weighted by molar-refractivity contribution is -0.158. The van der Waals surface area contributed by atoms with E-state index in [9.17, 15) is 9.59 Å². The molecule has 1 rings (SSSR count). The van der Waals surface area contributed by atoms with Crippen LogP contribution in [0.5, 0.6) is 0 Å². The molecule has 1 aromatic rings. The van der Waals surface area contributed by atoms with E-state index in [0.717, 1.165) is 6.42 Å². The van der Waals surface area contributed by atoms with Crippen LogP contribution in [0.1, 0.15) is 27.2 Å². The quantitative estimate of drug-likeness (QED) is 0.744. The minimum absolute atomic E-state index is 0.348. The second-order valence-electron chi connectivity index (χ2n) is 5.36. The summed E-state index contributed by atoms with van der Waals surface area (Å²) in [6, 6.07) is 6.65. The van der Waals surface area contributed by atoms with E-state index in [1.165, 1.54) is 0 Å². The average Bonchev–Trinajstić information content (AvgIpc) is 2.46. The number of carbonyl (C=O) groups excluding carboxylic acids is 2. The number of anilines is 1. The zero-order valence-electron chi connectivity index (χ0n) is 13.1. The second kappa shape index (κ2) is 9.43. The molecule has 1 amide bonds. The maximum Gasteiger partial charge on any atom is 0.335 e. The van der Waals surface area contributed by atoms with Gasteiger partial charge in [-0.25, -0.2) is 4.79 Å². The highest BCUT2D eigenvalue weighted by molar-refractivity contribution is 6.30. The average molecular weight is 328 g/mol. The number of esters is 1. The van der Waals surface area contributed by atoms with Gasteiger partial charge in [-0.15, -0.1) is 0 Å². The molecule has 122 valence electrons. The third-order valence-corrected chi connectivity index (χ3v) is 3.12. The number of carbonyl (C=O) groups is 2. The van der Waals surface area contributed by atoms with Crippen LogP contribution in [0.2, 0.25) is 5.02 Å². The van der Waals surface area contributed by atoms with Gasteiger partial charge in [0.2, 0.25) is 0 Å². The molecule has 22 heavy (non-hydrogen) atoms. The fourth-order valence-corrected chi connectivity index (χ4v) is 1.66. The Labute approximate surface area is 135 Å². The molecule has 6 heteroatoms. The van der Waals surface area contributed by atoms with Crippen molar-refractivity contribution in [3.8, 4) is 0 Å². The van der Waals surface area contributed by atoms with Crippen molar-refractivity contribution in [2.75, 3.05) is 18.5 Å². The number of nitrogens with one attached hydrogen (secondary N) is 1. The smallest absolute Gasteiger partial charge is 0.335 e. The molecule has 1 aromatic carbocycles. The Hall–Kier alpha value is -1.59. The lowest BCUT2D eigenvalue weighted by atomic mass is 10.1. The monoisotopic (exact) mass is 327 g/mol. The van der Waals surface area contributed by atoms with Gasteiger partial charge in [-0.05, 0) is 43.5 Å². The molecule has 0 saturated carbocycles. The maximum absolute atomic E-state index is 11.7. The Morgan fingerprint density at radius 2 is 1.82 bits per heavy atom. The van der Waals surface area contributed by atoms with Crippen LogP contribution in [0.25, 0.3) is 0 Å². The van der Waals surface area contributed by atoms with E-state index >= 15 is 0 Å². The minimum Gasteiger partial charge on any atom is -0.454 e. The molecule has 0 aliphatic heterocycles. The van der Waals surface area contributed by atoms with E-state index < -0.39 is 18.0 Å². The van der Waals surface area contributed by atoms with Crippen molar-refractivity contribution < 1.29 is 19.1 Å². The summed E-state index contributed by atoms with van der Waals surface area (Å²) in [6.45, 7) is 5.91. The highest BCUT2D eigenvalue weighted by Crippen LogP contribution is 2.13. The number of ether oxygens (including phenoxy) is 2. The number of hydrogen-bond donors (Lipinski definition) is 1. The largest absolute Gasteiger partial charge is 0.454 e. The zero-order chi connectivity index (χ0) is 16.5. The van der Waals surface area contributed by atoms with Gasteiger partial charge in [-0.1, -0.05) is 25.4 Å². The van der Waals surface area contributed by atoms with E-state index in [1.807, 2.05) is 0 Å². The summed E-state index contributed by atoms with van der Waals surface area (Å²) >= 11 is 5.75. The predicted molar refractivity (Wildman–Crippen MR) is 85.9 cm³/mol. The van der Waals surface area contributed by atoms with Crippen molar-refractivity contribution in [3.05, 3.63) is 29.3 Å². The predicted octanol–water partition coefficient (Wildman–Crippen LogP) is 3.27. The first-order chi connectivity index (χ1) is 10.4. The fraction of sp³-hybridized carbons (Fsp3) is 0.500. The standard InChI is InChI=1S/C16H22ClNO4/c1-11(2)8-9-21-12(3)16(20)22-10-15(19)18-14-6-4-13(17)5-7-14/h4-7,11-12H,8-10H2,1-3H3,(H,18,19). The van der Waals surface area contributed by atoms with E-state index in [2.05, 4.69) is 19.2 Å². The molecule has 1 N–H and O–H groups in total. The van der Waals surface area contributed by atoms with Gasteiger partial charge in [0.25, 0.3) is 5.91 Å². The number of benzene rings is 1. The Bertz CT molecular complexity index is 487. The third kappa shape index (κ3) is 7.43. The highest BCUT2D eigenvalue weighted by Gasteiger charge is 2.16. The summed E-state index contributed by atoms with van der Waals surface area (Å²) in [5.41, 5.74) is 0.590. The van der Waals surface area contributed by atoms with Crippen molar-refractivity contribution in [1.29, 1.82) is 0 Å². The van der Waals surface area contributed by atoms with Gasteiger partial charge in [-0.3, -0.25) is 4.79 Å². The van der Waals surface area contributed by atoms with Gasteiger partial charge in [0.15, 0.2) is 12.7 Å². The normalized spacial score (nSPS) is 12.0. The minimum atomic E-state index is -0.679. The number of halogens is 1. The fourth-order valence-electron chi connectivity index (χ4n) is 1.53. The van der Waals surface area contributed by atoms with Crippen LogP contribution in [-0.4, -0.2) is 31.2 Å². The number of rotatable bonds is 8. The van der Waals surface area contributed by atoms with Crippen molar-refractivity contribution in [1.82, 2.24) is 0 Å². The van der Waals surface area contributed by atoms with Crippen LogP contribution in [0.15, 0.2) is 24.3 Å². The molecule has 0 fully saturated rings. The molecule has 1 unspecified atom stereocenters. The summed E-state index contributed by atoms with van der Waals surface area (Å²) in [6.07, 6.45) is 0.191. The van der Waals surface area contributed by atoms with Gasteiger partial charge >= 0.3 is 5.97 Å². The lowest BCUT2D eigenvalue weighted by Crippen LogP contribution is -2.28.